The minimum atomic E-state index is 0. The van der Waals surface area contributed by atoms with Crippen molar-refractivity contribution >= 4 is 11.6 Å². The van der Waals surface area contributed by atoms with Gasteiger partial charge in [-0.15, -0.1) is 11.6 Å². The van der Waals surface area contributed by atoms with Gasteiger partial charge in [0.25, 0.3) is 0 Å². The zero-order valence-corrected chi connectivity index (χ0v) is 2.84. The van der Waals surface area contributed by atoms with Gasteiger partial charge in [0.15, 0.2) is 0 Å². The maximum atomic E-state index is 5.00. The first-order chi connectivity index (χ1) is 1.41. The summed E-state index contributed by atoms with van der Waals surface area (Å²) in [6.45, 7) is 1.89. The predicted molar refractivity (Wildman–Crippen MR) is 23.1 cm³/mol. The molecule has 0 rings (SSSR count). The highest BCUT2D eigenvalue weighted by molar-refractivity contribution is 6.17. The Morgan fingerprint density at radius 1 is 1.75 bits per heavy atom. The summed E-state index contributed by atoms with van der Waals surface area (Å²) < 4.78 is 0. The third-order valence-electron chi connectivity index (χ3n) is 0. The van der Waals surface area contributed by atoms with E-state index in [-0.39, 0.29) is 7.43 Å². The smallest absolute Gasteiger partial charge is 0.0195 e. The summed E-state index contributed by atoms with van der Waals surface area (Å²) in [5.74, 6) is 0.722. The summed E-state index contributed by atoms with van der Waals surface area (Å²) in [7, 11) is 0. The SMILES string of the molecule is C.CCCl. The molecule has 0 unspecified atom stereocenters. The molecule has 1 heteroatoms. The van der Waals surface area contributed by atoms with Crippen molar-refractivity contribution in [2.24, 2.45) is 0 Å². The predicted octanol–water partition coefficient (Wildman–Crippen LogP) is 1.88. The largest absolute Gasteiger partial charge is 0.127 e. The molecule has 0 aliphatic carbocycles. The molecule has 0 amide bonds. The summed E-state index contributed by atoms with van der Waals surface area (Å²) >= 11 is 5.00. The van der Waals surface area contributed by atoms with Crippen LogP contribution in [0.3, 0.4) is 0 Å². The molecule has 0 aromatic rings. The number of hydrogen-bond acceptors (Lipinski definition) is 0. The quantitative estimate of drug-likeness (QED) is 0.390. The highest BCUT2D eigenvalue weighted by Crippen LogP contribution is 1.59. The molecule has 4 heavy (non-hydrogen) atoms. The molecule has 0 radical (unpaired) electrons. The second kappa shape index (κ2) is 10.4. The first-order valence-electron chi connectivity index (χ1n) is 0.974. The Labute approximate surface area is 32.8 Å². The third-order valence-corrected chi connectivity index (χ3v) is 0. The van der Waals surface area contributed by atoms with E-state index in [9.17, 15) is 0 Å². The minimum Gasteiger partial charge on any atom is -0.127 e. The van der Waals surface area contributed by atoms with E-state index in [4.69, 9.17) is 11.6 Å². The van der Waals surface area contributed by atoms with Gasteiger partial charge in [-0.25, -0.2) is 0 Å². The van der Waals surface area contributed by atoms with E-state index in [2.05, 4.69) is 0 Å². The first kappa shape index (κ1) is 8.85. The topological polar surface area (TPSA) is 0 Å². The standard InChI is InChI=1S/C2H5Cl.CH4/c1-2-3;/h2H2,1H3;1H4. The lowest BCUT2D eigenvalue weighted by Crippen LogP contribution is -1.36. The van der Waals surface area contributed by atoms with Crippen molar-refractivity contribution in [1.82, 2.24) is 0 Å². The van der Waals surface area contributed by atoms with Gasteiger partial charge in [-0.3, -0.25) is 0 Å². The Bertz CT molecular complexity index is 3.25. The molecule has 0 fully saturated rings. The fourth-order valence-electron chi connectivity index (χ4n) is 0. The van der Waals surface area contributed by atoms with Crippen molar-refractivity contribution in [2.75, 3.05) is 5.88 Å². The monoisotopic (exact) mass is 80.0 g/mol. The molecular weight excluding hydrogens is 71.5 g/mol. The summed E-state index contributed by atoms with van der Waals surface area (Å²) in [5.41, 5.74) is 0. The van der Waals surface area contributed by atoms with Crippen molar-refractivity contribution < 1.29 is 0 Å². The van der Waals surface area contributed by atoms with Crippen molar-refractivity contribution in [2.45, 2.75) is 14.4 Å². The second-order valence-electron chi connectivity index (χ2n) is 0.267. The summed E-state index contributed by atoms with van der Waals surface area (Å²) in [5, 5.41) is 0. The number of hydrogen-bond donors (Lipinski definition) is 0. The molecule has 0 nitrogen and oxygen atoms in total. The van der Waals surface area contributed by atoms with Crippen LogP contribution in [0.25, 0.3) is 0 Å². The zero-order chi connectivity index (χ0) is 2.71. The van der Waals surface area contributed by atoms with Gasteiger partial charge < -0.3 is 0 Å². The number of halogens is 1. The summed E-state index contributed by atoms with van der Waals surface area (Å²) in [4.78, 5) is 0. The normalized spacial score (nSPS) is 4.50. The molecule has 0 spiro atoms. The summed E-state index contributed by atoms with van der Waals surface area (Å²) in [6, 6.07) is 0. The van der Waals surface area contributed by atoms with Crippen molar-refractivity contribution in [1.29, 1.82) is 0 Å². The Morgan fingerprint density at radius 2 is 1.75 bits per heavy atom. The van der Waals surface area contributed by atoms with Crippen LogP contribution in [-0.4, -0.2) is 5.88 Å². The van der Waals surface area contributed by atoms with Crippen LogP contribution in [0.5, 0.6) is 0 Å². The molecule has 0 aliphatic heterocycles. The molecule has 0 N–H and O–H groups in total. The molecule has 0 bridgehead atoms. The first-order valence-corrected chi connectivity index (χ1v) is 1.51. The molecule has 0 aliphatic rings. The van der Waals surface area contributed by atoms with E-state index >= 15 is 0 Å². The van der Waals surface area contributed by atoms with Crippen LogP contribution in [0, 0.1) is 0 Å². The van der Waals surface area contributed by atoms with Crippen molar-refractivity contribution in [3.05, 3.63) is 0 Å². The van der Waals surface area contributed by atoms with Crippen LogP contribution >= 0.6 is 11.6 Å². The fraction of sp³-hybridized carbons (Fsp3) is 1.00. The molecule has 0 atom stereocenters. The van der Waals surface area contributed by atoms with Crippen LogP contribution in [0.4, 0.5) is 0 Å². The fourth-order valence-corrected chi connectivity index (χ4v) is 0. The lowest BCUT2D eigenvalue weighted by atomic mass is 11.0. The van der Waals surface area contributed by atoms with Gasteiger partial charge in [0.05, 0.1) is 0 Å². The maximum absolute atomic E-state index is 5.00. The Morgan fingerprint density at radius 3 is 1.75 bits per heavy atom. The van der Waals surface area contributed by atoms with E-state index in [1.54, 1.807) is 0 Å². The van der Waals surface area contributed by atoms with Crippen LogP contribution in [0.2, 0.25) is 0 Å². The van der Waals surface area contributed by atoms with E-state index < -0.39 is 0 Å². The molecular formula is C3H9Cl. The van der Waals surface area contributed by atoms with E-state index in [1.165, 1.54) is 0 Å². The minimum absolute atomic E-state index is 0. The van der Waals surface area contributed by atoms with Gasteiger partial charge in [-0.05, 0) is 0 Å². The van der Waals surface area contributed by atoms with Crippen LogP contribution in [0.15, 0.2) is 0 Å². The summed E-state index contributed by atoms with van der Waals surface area (Å²) in [6.07, 6.45) is 0. The average Bonchev–Trinajstić information content (AvgIpc) is 0.918. The van der Waals surface area contributed by atoms with Crippen LogP contribution in [-0.2, 0) is 0 Å². The molecule has 0 aromatic heterocycles. The van der Waals surface area contributed by atoms with E-state index in [1.807, 2.05) is 6.92 Å². The Balaban J connectivity index is 0. The highest BCUT2D eigenvalue weighted by Gasteiger charge is 1.38. The average molecular weight is 80.6 g/mol. The Hall–Kier alpha value is 0.290. The molecule has 0 saturated carbocycles. The highest BCUT2D eigenvalue weighted by atomic mass is 35.5. The van der Waals surface area contributed by atoms with Crippen LogP contribution < -0.4 is 0 Å². The lowest BCUT2D eigenvalue weighted by Gasteiger charge is -1.45. The van der Waals surface area contributed by atoms with Gasteiger partial charge in [-0.1, -0.05) is 14.4 Å². The van der Waals surface area contributed by atoms with Crippen molar-refractivity contribution in [3.8, 4) is 0 Å². The maximum Gasteiger partial charge on any atom is 0.0195 e. The van der Waals surface area contributed by atoms with Crippen molar-refractivity contribution in [3.63, 3.8) is 0 Å². The molecule has 0 heterocycles. The number of rotatable bonds is 0. The molecule has 28 valence electrons. The van der Waals surface area contributed by atoms with Gasteiger partial charge in [0.2, 0.25) is 0 Å². The third kappa shape index (κ3) is 45.3. The molecule has 0 saturated heterocycles. The zero-order valence-electron chi connectivity index (χ0n) is 2.09. The second-order valence-corrected chi connectivity index (χ2v) is 0.802. The lowest BCUT2D eigenvalue weighted by molar-refractivity contribution is 1.51. The van der Waals surface area contributed by atoms with Gasteiger partial charge in [0.1, 0.15) is 0 Å². The van der Waals surface area contributed by atoms with E-state index in [0.29, 0.717) is 0 Å². The Kier molecular flexibility index (Phi) is 23.0. The number of alkyl halides is 1. The van der Waals surface area contributed by atoms with Crippen LogP contribution in [0.1, 0.15) is 14.4 Å². The van der Waals surface area contributed by atoms with E-state index in [0.717, 1.165) is 5.88 Å². The van der Waals surface area contributed by atoms with Gasteiger partial charge >= 0.3 is 0 Å². The van der Waals surface area contributed by atoms with Gasteiger partial charge in [0, 0.05) is 5.88 Å². The molecule has 0 aromatic carbocycles. The van der Waals surface area contributed by atoms with Gasteiger partial charge in [-0.2, -0.15) is 0 Å².